The van der Waals surface area contributed by atoms with Gasteiger partial charge in [-0.25, -0.2) is 4.98 Å². The summed E-state index contributed by atoms with van der Waals surface area (Å²) in [6, 6.07) is 54.2. The fourth-order valence-electron chi connectivity index (χ4n) is 11.6. The normalized spacial score (nSPS) is 13.2. The molecule has 0 saturated heterocycles. The van der Waals surface area contributed by atoms with Crippen LogP contribution in [0.15, 0.2) is 150 Å². The molecule has 1 radical (unpaired) electrons. The van der Waals surface area contributed by atoms with Crippen molar-refractivity contribution in [1.82, 2.24) is 24.5 Å². The molecule has 6 nitrogen and oxygen atoms in total. The Morgan fingerprint density at radius 3 is 2.07 bits per heavy atom. The van der Waals surface area contributed by atoms with Crippen molar-refractivity contribution in [1.29, 1.82) is 0 Å². The van der Waals surface area contributed by atoms with E-state index in [9.17, 15) is 0 Å². The van der Waals surface area contributed by atoms with Gasteiger partial charge in [-0.2, -0.15) is 0 Å². The Balaban J connectivity index is 0.000000239. The fourth-order valence-corrected chi connectivity index (χ4v) is 13.2. The first-order valence-electron chi connectivity index (χ1n) is 27.0. The summed E-state index contributed by atoms with van der Waals surface area (Å²) < 4.78 is 9.09. The summed E-state index contributed by atoms with van der Waals surface area (Å²) in [5.74, 6) is 1.96. The molecule has 12 rings (SSSR count). The number of furan rings is 1. The Kier molecular flexibility index (Phi) is 15.0. The van der Waals surface area contributed by atoms with Crippen LogP contribution in [0, 0.1) is 32.9 Å². The molecule has 0 aliphatic heterocycles. The number of hydrogen-bond donors (Lipinski definition) is 0. The largest absolute Gasteiger partial charge is 0.486 e. The van der Waals surface area contributed by atoms with E-state index in [4.69, 9.17) is 24.4 Å². The van der Waals surface area contributed by atoms with Gasteiger partial charge in [0.1, 0.15) is 0 Å². The van der Waals surface area contributed by atoms with Gasteiger partial charge in [-0.05, 0) is 143 Å². The monoisotopic (exact) mass is 1190 g/mol. The predicted octanol–water partition coefficient (Wildman–Crippen LogP) is 18.0. The maximum absolute atomic E-state index is 6.75. The Bertz CT molecular complexity index is 3870. The van der Waals surface area contributed by atoms with Crippen LogP contribution in [-0.2, 0) is 20.1 Å². The Labute approximate surface area is 463 Å². The number of aryl methyl sites for hydroxylation is 3. The molecule has 5 aromatic heterocycles. The second kappa shape index (κ2) is 21.7. The molecule has 0 N–H and O–H groups in total. The van der Waals surface area contributed by atoms with Gasteiger partial charge in [-0.3, -0.25) is 9.97 Å². The standard InChI is InChI=1S/C48H41N4O.C20H26NSi.Ir/c1-27(2)39-25-35(34-19-18-32-14-8-9-15-33(32)24-34)26-40(28(3)4)45(39)52-44-31(7)49-23-22-42(44)50-47(52)38-17-11-16-36-37-20-21-41(51-48(37)53-46(36)38)43-29(5)12-10-13-30(43)6;1-22(2,3)20-15-21-19(17-12-8-5-9-13-17)14-18(20)16-10-6-4-7-11-16;/h8-16,18-28H,1-7H3;5,8-9,12,14-16H,4,6-7,10-11H2,1-3H3;/q2*-1;. The molecule has 0 spiro atoms. The number of hydrogen-bond acceptors (Lipinski definition) is 5. The third-order valence-electron chi connectivity index (χ3n) is 15.5. The molecule has 1 saturated carbocycles. The molecule has 0 unspecified atom stereocenters. The Hall–Kier alpha value is -6.83. The Morgan fingerprint density at radius 1 is 0.645 bits per heavy atom. The maximum atomic E-state index is 6.75. The summed E-state index contributed by atoms with van der Waals surface area (Å²) in [6.07, 6.45) is 10.9. The van der Waals surface area contributed by atoms with E-state index in [0.29, 0.717) is 5.71 Å². The van der Waals surface area contributed by atoms with E-state index in [1.807, 2.05) is 30.5 Å². The van der Waals surface area contributed by atoms with Gasteiger partial charge in [-0.1, -0.05) is 144 Å². The maximum Gasteiger partial charge on any atom is 0.216 e. The molecule has 5 heterocycles. The van der Waals surface area contributed by atoms with E-state index >= 15 is 0 Å². The van der Waals surface area contributed by atoms with E-state index < -0.39 is 8.07 Å². The number of aromatic nitrogens is 5. The van der Waals surface area contributed by atoms with Crippen LogP contribution in [0.5, 0.6) is 0 Å². The van der Waals surface area contributed by atoms with Crippen LogP contribution < -0.4 is 5.19 Å². The van der Waals surface area contributed by atoms with Crippen molar-refractivity contribution < 1.29 is 24.5 Å². The van der Waals surface area contributed by atoms with Crippen LogP contribution in [0.4, 0.5) is 0 Å². The van der Waals surface area contributed by atoms with Crippen LogP contribution in [0.3, 0.4) is 0 Å². The molecule has 385 valence electrons. The minimum Gasteiger partial charge on any atom is -0.486 e. The summed E-state index contributed by atoms with van der Waals surface area (Å²) in [6.45, 7) is 22.8. The average Bonchev–Trinajstić information content (AvgIpc) is 4.03. The van der Waals surface area contributed by atoms with Crippen molar-refractivity contribution in [3.63, 3.8) is 0 Å². The number of nitrogens with zero attached hydrogens (tertiary/aromatic N) is 5. The van der Waals surface area contributed by atoms with E-state index in [0.717, 1.165) is 78.6 Å². The molecule has 11 aromatic rings. The van der Waals surface area contributed by atoms with Crippen LogP contribution >= 0.6 is 0 Å². The van der Waals surface area contributed by atoms with Crippen molar-refractivity contribution in [2.75, 3.05) is 0 Å². The molecule has 0 amide bonds. The average molecular weight is 1190 g/mol. The minimum atomic E-state index is -1.36. The van der Waals surface area contributed by atoms with Gasteiger partial charge >= 0.3 is 0 Å². The summed E-state index contributed by atoms with van der Waals surface area (Å²) in [5, 5.41) is 5.99. The second-order valence-electron chi connectivity index (χ2n) is 22.4. The van der Waals surface area contributed by atoms with Crippen LogP contribution in [0.25, 0.3) is 94.6 Å². The van der Waals surface area contributed by atoms with Crippen LogP contribution in [0.1, 0.15) is 111 Å². The van der Waals surface area contributed by atoms with Gasteiger partial charge in [0.05, 0.1) is 41.9 Å². The van der Waals surface area contributed by atoms with Crippen molar-refractivity contribution in [2.45, 2.75) is 118 Å². The topological polar surface area (TPSA) is 69.6 Å². The Morgan fingerprint density at radius 2 is 1.37 bits per heavy atom. The first kappa shape index (κ1) is 52.6. The first-order valence-corrected chi connectivity index (χ1v) is 30.5. The van der Waals surface area contributed by atoms with Gasteiger partial charge in [0.15, 0.2) is 0 Å². The number of rotatable bonds is 9. The van der Waals surface area contributed by atoms with Crippen molar-refractivity contribution in [3.8, 4) is 50.7 Å². The molecular weight excluding hydrogens is 1120 g/mol. The van der Waals surface area contributed by atoms with Gasteiger partial charge in [0, 0.05) is 49.1 Å². The predicted molar refractivity (Wildman–Crippen MR) is 316 cm³/mol. The van der Waals surface area contributed by atoms with Gasteiger partial charge in [0.25, 0.3) is 0 Å². The molecule has 0 bridgehead atoms. The molecule has 1 aliphatic carbocycles. The number of imidazole rings is 1. The molecular formula is C68H67IrN5OSi-2. The molecule has 8 heteroatoms. The zero-order valence-electron chi connectivity index (χ0n) is 45.6. The van der Waals surface area contributed by atoms with E-state index in [2.05, 4.69) is 200 Å². The second-order valence-corrected chi connectivity index (χ2v) is 27.5. The summed E-state index contributed by atoms with van der Waals surface area (Å²) >= 11 is 0. The van der Waals surface area contributed by atoms with Crippen molar-refractivity contribution in [2.24, 2.45) is 0 Å². The summed E-state index contributed by atoms with van der Waals surface area (Å²) in [4.78, 5) is 20.0. The third kappa shape index (κ3) is 10.0. The van der Waals surface area contributed by atoms with E-state index in [-0.39, 0.29) is 31.9 Å². The molecule has 1 aliphatic rings. The zero-order valence-corrected chi connectivity index (χ0v) is 49.0. The molecule has 0 atom stereocenters. The third-order valence-corrected chi connectivity index (χ3v) is 17.5. The van der Waals surface area contributed by atoms with Gasteiger partial charge < -0.3 is 14.0 Å². The first-order chi connectivity index (χ1) is 36.2. The molecule has 1 fully saturated rings. The number of benzene rings is 6. The minimum absolute atomic E-state index is 0. The smallest absolute Gasteiger partial charge is 0.216 e. The number of pyridine rings is 3. The number of fused-ring (bicyclic) bond motifs is 5. The SMILES string of the molecule is C[Si](C)(C)c1cnc(-c2[c-]cccc2)cc1C1CCCCC1.Cc1cccc(C)c1-c1ccc2c(n1)oc1c(-c3nc4ccnc(C)c4n3-c3c(C(C)C)cc(-c4ccc5ccccc5c4)cc3C(C)C)[c-]ccc12.[Ir]. The van der Waals surface area contributed by atoms with E-state index in [1.54, 1.807) is 10.8 Å². The zero-order chi connectivity index (χ0) is 52.1. The molecule has 6 aromatic carbocycles. The van der Waals surface area contributed by atoms with Crippen molar-refractivity contribution >= 4 is 57.1 Å². The van der Waals surface area contributed by atoms with Crippen molar-refractivity contribution in [3.05, 3.63) is 191 Å². The van der Waals surface area contributed by atoms with Crippen LogP contribution in [0.2, 0.25) is 19.6 Å². The summed E-state index contributed by atoms with van der Waals surface area (Å²) in [5.41, 5.74) is 19.2. The fraction of sp³-hybridized carbons (Fsp3) is 0.265. The van der Waals surface area contributed by atoms with Gasteiger partial charge in [-0.15, -0.1) is 54.1 Å². The summed E-state index contributed by atoms with van der Waals surface area (Å²) in [7, 11) is -1.36. The van der Waals surface area contributed by atoms with Crippen LogP contribution in [-0.4, -0.2) is 32.6 Å². The molecule has 76 heavy (non-hydrogen) atoms. The quantitative estimate of drug-likeness (QED) is 0.106. The van der Waals surface area contributed by atoms with E-state index in [1.165, 1.54) is 76.3 Å². The van der Waals surface area contributed by atoms with Gasteiger partial charge in [0.2, 0.25) is 5.71 Å².